The van der Waals surface area contributed by atoms with Crippen molar-refractivity contribution >= 4 is 29.0 Å². The molecule has 2 atom stereocenters. The van der Waals surface area contributed by atoms with E-state index < -0.39 is 18.2 Å². The third-order valence-corrected chi connectivity index (χ3v) is 5.40. The number of fused-ring (bicyclic) bond motifs is 1. The van der Waals surface area contributed by atoms with E-state index in [0.717, 1.165) is 16.6 Å². The summed E-state index contributed by atoms with van der Waals surface area (Å²) in [6.07, 6.45) is 3.69. The molecule has 4 rings (SSSR count). The number of ether oxygens (including phenoxy) is 1. The van der Waals surface area contributed by atoms with Crippen LogP contribution in [0.5, 0.6) is 5.75 Å². The summed E-state index contributed by atoms with van der Waals surface area (Å²) in [5.41, 5.74) is 2.48. The summed E-state index contributed by atoms with van der Waals surface area (Å²) in [6.45, 7) is 3.34. The number of anilines is 1. The van der Waals surface area contributed by atoms with Gasteiger partial charge in [-0.05, 0) is 31.5 Å². The van der Waals surface area contributed by atoms with Gasteiger partial charge in [0.1, 0.15) is 11.6 Å². The van der Waals surface area contributed by atoms with Crippen molar-refractivity contribution in [3.63, 3.8) is 0 Å². The zero-order valence-electron chi connectivity index (χ0n) is 16.3. The van der Waals surface area contributed by atoms with E-state index in [9.17, 15) is 9.90 Å². The Morgan fingerprint density at radius 3 is 2.90 bits per heavy atom. The van der Waals surface area contributed by atoms with E-state index in [1.54, 1.807) is 23.1 Å². The lowest BCUT2D eigenvalue weighted by atomic mass is 10.0. The van der Waals surface area contributed by atoms with Gasteiger partial charge in [0.25, 0.3) is 0 Å². The summed E-state index contributed by atoms with van der Waals surface area (Å²) in [6, 6.07) is 5.25. The fraction of sp³-hybridized carbons (Fsp3) is 0.350. The van der Waals surface area contributed by atoms with Crippen molar-refractivity contribution in [3.05, 3.63) is 41.8 Å². The minimum absolute atomic E-state index is 0.301. The summed E-state index contributed by atoms with van der Waals surface area (Å²) in [5, 5.41) is 26.3. The average Bonchev–Trinajstić information content (AvgIpc) is 3.10. The topological polar surface area (TPSA) is 112 Å². The SMILES string of the molecule is CCOc1cc(-c2ccc(N3CC[C@H](NC(=O)O)[C@@H](O)C3)nc2)c2c(Cl)cnn2c1. The van der Waals surface area contributed by atoms with Crippen LogP contribution in [0.1, 0.15) is 13.3 Å². The minimum Gasteiger partial charge on any atom is -0.492 e. The molecule has 30 heavy (non-hydrogen) atoms. The lowest BCUT2D eigenvalue weighted by Crippen LogP contribution is -2.54. The zero-order valence-corrected chi connectivity index (χ0v) is 17.1. The number of hydrogen-bond donors (Lipinski definition) is 3. The predicted octanol–water partition coefficient (Wildman–Crippen LogP) is 2.66. The summed E-state index contributed by atoms with van der Waals surface area (Å²) in [5.74, 6) is 1.39. The number of carboxylic acid groups (broad SMARTS) is 1. The molecule has 3 N–H and O–H groups in total. The maximum atomic E-state index is 10.8. The number of rotatable bonds is 5. The number of pyridine rings is 2. The third-order valence-electron chi connectivity index (χ3n) is 5.13. The number of hydrogen-bond acceptors (Lipinski definition) is 6. The van der Waals surface area contributed by atoms with Gasteiger partial charge in [0.15, 0.2) is 0 Å². The van der Waals surface area contributed by atoms with E-state index in [1.165, 1.54) is 0 Å². The van der Waals surface area contributed by atoms with Crippen molar-refractivity contribution in [1.82, 2.24) is 19.9 Å². The monoisotopic (exact) mass is 431 g/mol. The normalized spacial score (nSPS) is 19.1. The molecule has 0 bridgehead atoms. The molecule has 10 heteroatoms. The van der Waals surface area contributed by atoms with E-state index in [2.05, 4.69) is 15.4 Å². The quantitative estimate of drug-likeness (QED) is 0.569. The first-order valence-electron chi connectivity index (χ1n) is 9.65. The zero-order chi connectivity index (χ0) is 21.3. The fourth-order valence-electron chi connectivity index (χ4n) is 3.72. The van der Waals surface area contributed by atoms with Crippen LogP contribution < -0.4 is 15.0 Å². The highest BCUT2D eigenvalue weighted by molar-refractivity contribution is 6.34. The van der Waals surface area contributed by atoms with Crippen LogP contribution in [0.15, 0.2) is 36.8 Å². The van der Waals surface area contributed by atoms with Crippen LogP contribution in [0.4, 0.5) is 10.6 Å². The molecular formula is C20H22ClN5O4. The molecule has 0 radical (unpaired) electrons. The van der Waals surface area contributed by atoms with Gasteiger partial charge >= 0.3 is 6.09 Å². The van der Waals surface area contributed by atoms with Crippen molar-refractivity contribution in [2.45, 2.75) is 25.5 Å². The number of aliphatic hydroxyl groups is 1. The highest BCUT2D eigenvalue weighted by atomic mass is 35.5. The van der Waals surface area contributed by atoms with Crippen LogP contribution in [0.2, 0.25) is 5.02 Å². The molecule has 1 aliphatic rings. The highest BCUT2D eigenvalue weighted by Crippen LogP contribution is 2.33. The van der Waals surface area contributed by atoms with Crippen molar-refractivity contribution in [2.75, 3.05) is 24.6 Å². The molecule has 1 aliphatic heterocycles. The molecule has 0 aromatic carbocycles. The van der Waals surface area contributed by atoms with E-state index >= 15 is 0 Å². The largest absolute Gasteiger partial charge is 0.492 e. The molecule has 0 aliphatic carbocycles. The second-order valence-corrected chi connectivity index (χ2v) is 7.48. The second-order valence-electron chi connectivity index (χ2n) is 7.07. The Labute approximate surface area is 177 Å². The second kappa shape index (κ2) is 8.37. The molecule has 3 aromatic heterocycles. The maximum absolute atomic E-state index is 10.8. The Morgan fingerprint density at radius 1 is 1.40 bits per heavy atom. The number of aromatic nitrogens is 3. The number of nitrogens with one attached hydrogen (secondary N) is 1. The number of β-amino-alcohol motifs (C(OH)–C–C–N with tert-alkyl or cyclic N) is 1. The first-order valence-corrected chi connectivity index (χ1v) is 10.0. The average molecular weight is 432 g/mol. The molecule has 3 aromatic rings. The Morgan fingerprint density at radius 2 is 2.23 bits per heavy atom. The van der Waals surface area contributed by atoms with Gasteiger partial charge in [-0.3, -0.25) is 0 Å². The van der Waals surface area contributed by atoms with Gasteiger partial charge in [0, 0.05) is 30.4 Å². The van der Waals surface area contributed by atoms with E-state index in [1.807, 2.05) is 30.0 Å². The number of aliphatic hydroxyl groups excluding tert-OH is 1. The first kappa shape index (κ1) is 20.2. The molecule has 9 nitrogen and oxygen atoms in total. The molecule has 1 amide bonds. The Hall–Kier alpha value is -3.04. The molecule has 4 heterocycles. The molecule has 0 unspecified atom stereocenters. The van der Waals surface area contributed by atoms with Gasteiger partial charge in [-0.1, -0.05) is 11.6 Å². The minimum atomic E-state index is -1.13. The highest BCUT2D eigenvalue weighted by Gasteiger charge is 2.29. The number of carbonyl (C=O) groups is 1. The summed E-state index contributed by atoms with van der Waals surface area (Å²) >= 11 is 6.35. The van der Waals surface area contributed by atoms with E-state index in [0.29, 0.717) is 42.7 Å². The molecular weight excluding hydrogens is 410 g/mol. The van der Waals surface area contributed by atoms with Crippen molar-refractivity contribution in [3.8, 4) is 16.9 Å². The summed E-state index contributed by atoms with van der Waals surface area (Å²) in [7, 11) is 0. The number of nitrogens with zero attached hydrogens (tertiary/aromatic N) is 4. The molecule has 0 saturated carbocycles. The Bertz CT molecular complexity index is 1060. The van der Waals surface area contributed by atoms with E-state index in [4.69, 9.17) is 21.4 Å². The molecule has 1 fully saturated rings. The number of amides is 1. The smallest absolute Gasteiger partial charge is 0.404 e. The van der Waals surface area contributed by atoms with Crippen LogP contribution in [0, 0.1) is 0 Å². The van der Waals surface area contributed by atoms with E-state index in [-0.39, 0.29) is 0 Å². The van der Waals surface area contributed by atoms with Gasteiger partial charge in [-0.25, -0.2) is 14.3 Å². The van der Waals surface area contributed by atoms with Crippen LogP contribution >= 0.6 is 11.6 Å². The van der Waals surface area contributed by atoms with Crippen molar-refractivity contribution in [2.24, 2.45) is 0 Å². The van der Waals surface area contributed by atoms with Crippen molar-refractivity contribution in [1.29, 1.82) is 0 Å². The van der Waals surface area contributed by atoms with Crippen LogP contribution in [-0.4, -0.2) is 62.7 Å². The number of halogens is 1. The number of piperidine rings is 1. The van der Waals surface area contributed by atoms with Gasteiger partial charge in [0.2, 0.25) is 0 Å². The van der Waals surface area contributed by atoms with Gasteiger partial charge < -0.3 is 25.2 Å². The fourth-order valence-corrected chi connectivity index (χ4v) is 3.96. The van der Waals surface area contributed by atoms with Crippen molar-refractivity contribution < 1.29 is 19.7 Å². The Balaban J connectivity index is 1.59. The van der Waals surface area contributed by atoms with Gasteiger partial charge in [-0.2, -0.15) is 5.10 Å². The van der Waals surface area contributed by atoms with Crippen LogP contribution in [-0.2, 0) is 0 Å². The first-order chi connectivity index (χ1) is 14.5. The lowest BCUT2D eigenvalue weighted by molar-refractivity contribution is 0.108. The standard InChI is InChI=1S/C20H22ClN5O4/c1-2-30-13-7-14(19-15(21)9-23-26(19)10-13)12-3-4-18(22-8-12)25-6-5-16(17(27)11-25)24-20(28)29/h3-4,7-10,16-17,24,27H,2,5-6,11H2,1H3,(H,28,29)/t16-,17-/m0/s1. The predicted molar refractivity (Wildman–Crippen MR) is 112 cm³/mol. The van der Waals surface area contributed by atoms with Gasteiger partial charge in [-0.15, -0.1) is 0 Å². The summed E-state index contributed by atoms with van der Waals surface area (Å²) in [4.78, 5) is 17.3. The summed E-state index contributed by atoms with van der Waals surface area (Å²) < 4.78 is 7.33. The Kier molecular flexibility index (Phi) is 5.65. The molecule has 1 saturated heterocycles. The molecule has 0 spiro atoms. The lowest BCUT2D eigenvalue weighted by Gasteiger charge is -2.36. The maximum Gasteiger partial charge on any atom is 0.404 e. The third kappa shape index (κ3) is 3.99. The molecule has 158 valence electrons. The van der Waals surface area contributed by atoms with Crippen LogP contribution in [0.25, 0.3) is 16.6 Å². The van der Waals surface area contributed by atoms with Crippen LogP contribution in [0.3, 0.4) is 0 Å². The van der Waals surface area contributed by atoms with Gasteiger partial charge in [0.05, 0.1) is 41.7 Å².